The Morgan fingerprint density at radius 1 is 1.11 bits per heavy atom. The molecule has 0 aliphatic carbocycles. The summed E-state index contributed by atoms with van der Waals surface area (Å²) in [7, 11) is -1.45. The van der Waals surface area contributed by atoms with E-state index in [4.69, 9.17) is 17.8 Å². The van der Waals surface area contributed by atoms with Crippen molar-refractivity contribution in [3.05, 3.63) is 59.8 Å². The number of hydrogen-bond donors (Lipinski definition) is 0. The van der Waals surface area contributed by atoms with Crippen LogP contribution in [0.25, 0.3) is 16.5 Å². The fourth-order valence-electron chi connectivity index (χ4n) is 4.59. The molecule has 0 atom stereocenters. The summed E-state index contributed by atoms with van der Waals surface area (Å²) in [5.41, 5.74) is 1.38. The van der Waals surface area contributed by atoms with Crippen LogP contribution in [0, 0.1) is 5.82 Å². The highest BCUT2D eigenvalue weighted by atomic mass is 32.3. The van der Waals surface area contributed by atoms with Gasteiger partial charge in [-0.3, -0.25) is 4.57 Å². The van der Waals surface area contributed by atoms with E-state index < -0.39 is 10.4 Å². The van der Waals surface area contributed by atoms with Gasteiger partial charge in [0.25, 0.3) is 11.6 Å². The van der Waals surface area contributed by atoms with Crippen LogP contribution in [0.3, 0.4) is 0 Å². The third-order valence-electron chi connectivity index (χ3n) is 6.21. The summed E-state index contributed by atoms with van der Waals surface area (Å²) in [6.45, 7) is 1.33. The van der Waals surface area contributed by atoms with Crippen LogP contribution in [0.4, 0.5) is 10.3 Å². The monoisotopic (exact) mass is 513 g/mol. The minimum absolute atomic E-state index is 0.0332. The van der Waals surface area contributed by atoms with E-state index >= 15 is 0 Å². The van der Waals surface area contributed by atoms with E-state index in [9.17, 15) is 12.8 Å². The highest BCUT2D eigenvalue weighted by molar-refractivity contribution is 7.82. The van der Waals surface area contributed by atoms with Gasteiger partial charge in [-0.15, -0.1) is 18.6 Å². The maximum atomic E-state index is 13.7. The standard InChI is InChI=1S/C23H20FN5O6S/c1-32-12-19-26-27-23(29(19)18-9-25-22(33-2)21-20(18)34-36(30,31)35-21)28-10-14(11-28)16-5-3-4-13-8-15(24)6-7-17(13)16/h3-9,14H,10-12H2,1-2H3. The lowest BCUT2D eigenvalue weighted by atomic mass is 9.88. The van der Waals surface area contributed by atoms with Gasteiger partial charge < -0.3 is 22.7 Å². The molecular weight excluding hydrogens is 493 g/mol. The van der Waals surface area contributed by atoms with Crippen LogP contribution in [-0.2, 0) is 21.7 Å². The van der Waals surface area contributed by atoms with E-state index in [0.29, 0.717) is 24.9 Å². The fraction of sp³-hybridized carbons (Fsp3) is 0.261. The quantitative estimate of drug-likeness (QED) is 0.381. The molecule has 0 spiro atoms. The lowest BCUT2D eigenvalue weighted by Gasteiger charge is -2.40. The molecule has 2 aliphatic heterocycles. The van der Waals surface area contributed by atoms with Crippen LogP contribution in [0.1, 0.15) is 17.3 Å². The normalized spacial score (nSPS) is 16.4. The third-order valence-corrected chi connectivity index (χ3v) is 6.95. The number of anilines is 1. The van der Waals surface area contributed by atoms with Crippen molar-refractivity contribution in [3.63, 3.8) is 0 Å². The van der Waals surface area contributed by atoms with Gasteiger partial charge in [-0.2, -0.15) is 0 Å². The van der Waals surface area contributed by atoms with Gasteiger partial charge in [-0.1, -0.05) is 24.3 Å². The Balaban J connectivity index is 1.38. The number of benzene rings is 2. The van der Waals surface area contributed by atoms with Crippen molar-refractivity contribution in [1.29, 1.82) is 0 Å². The van der Waals surface area contributed by atoms with Crippen molar-refractivity contribution in [3.8, 4) is 23.1 Å². The number of halogens is 1. The van der Waals surface area contributed by atoms with Gasteiger partial charge in [0.15, 0.2) is 5.82 Å². The number of hydrogen-bond acceptors (Lipinski definition) is 10. The summed E-state index contributed by atoms with van der Waals surface area (Å²) in [4.78, 5) is 6.18. The zero-order valence-corrected chi connectivity index (χ0v) is 20.0. The van der Waals surface area contributed by atoms with Crippen LogP contribution in [0.5, 0.6) is 17.4 Å². The highest BCUT2D eigenvalue weighted by Gasteiger charge is 2.39. The second-order valence-electron chi connectivity index (χ2n) is 8.39. The molecule has 11 nitrogen and oxygen atoms in total. The molecule has 13 heteroatoms. The van der Waals surface area contributed by atoms with Crippen LogP contribution in [-0.4, -0.2) is 55.5 Å². The molecule has 2 aromatic carbocycles. The minimum Gasteiger partial charge on any atom is -0.478 e. The van der Waals surface area contributed by atoms with E-state index in [1.54, 1.807) is 10.6 Å². The molecule has 6 rings (SSSR count). The topological polar surface area (TPSA) is 118 Å². The second-order valence-corrected chi connectivity index (χ2v) is 9.53. The van der Waals surface area contributed by atoms with Crippen LogP contribution < -0.4 is 18.0 Å². The molecule has 1 saturated heterocycles. The number of aromatic nitrogens is 4. The van der Waals surface area contributed by atoms with Gasteiger partial charge in [0.1, 0.15) is 18.1 Å². The molecular formula is C23H20FN5O6S. The van der Waals surface area contributed by atoms with Crippen LogP contribution in [0.2, 0.25) is 0 Å². The van der Waals surface area contributed by atoms with Crippen LogP contribution >= 0.6 is 0 Å². The van der Waals surface area contributed by atoms with Gasteiger partial charge in [0.05, 0.1) is 13.3 Å². The zero-order valence-electron chi connectivity index (χ0n) is 19.2. The van der Waals surface area contributed by atoms with Crippen molar-refractivity contribution >= 4 is 27.1 Å². The summed E-state index contributed by atoms with van der Waals surface area (Å²) in [5.74, 6) is 0.521. The van der Waals surface area contributed by atoms with Gasteiger partial charge in [0.2, 0.25) is 11.7 Å². The van der Waals surface area contributed by atoms with Gasteiger partial charge in [-0.05, 0) is 28.5 Å². The van der Waals surface area contributed by atoms with Crippen molar-refractivity contribution < 1.29 is 30.6 Å². The van der Waals surface area contributed by atoms with Gasteiger partial charge >= 0.3 is 10.4 Å². The average Bonchev–Trinajstić information content (AvgIpc) is 3.37. The molecule has 186 valence electrons. The minimum atomic E-state index is -4.32. The molecule has 2 aliphatic rings. The number of ether oxygens (including phenoxy) is 2. The Morgan fingerprint density at radius 2 is 1.92 bits per heavy atom. The van der Waals surface area contributed by atoms with E-state index in [0.717, 1.165) is 16.3 Å². The maximum Gasteiger partial charge on any atom is 0.501 e. The van der Waals surface area contributed by atoms with Crippen molar-refractivity contribution in [1.82, 2.24) is 19.7 Å². The van der Waals surface area contributed by atoms with Crippen LogP contribution in [0.15, 0.2) is 42.6 Å². The zero-order chi connectivity index (χ0) is 25.0. The number of fused-ring (bicyclic) bond motifs is 2. The molecule has 0 radical (unpaired) electrons. The molecule has 2 aromatic heterocycles. The molecule has 1 fully saturated rings. The number of rotatable bonds is 6. The summed E-state index contributed by atoms with van der Waals surface area (Å²) in [5, 5.41) is 10.4. The van der Waals surface area contributed by atoms with Crippen molar-refractivity contribution in [2.24, 2.45) is 0 Å². The lowest BCUT2D eigenvalue weighted by molar-refractivity contribution is 0.176. The first-order valence-corrected chi connectivity index (χ1v) is 12.3. The molecule has 0 N–H and O–H groups in total. The van der Waals surface area contributed by atoms with E-state index in [2.05, 4.69) is 15.2 Å². The molecule has 0 unspecified atom stereocenters. The highest BCUT2D eigenvalue weighted by Crippen LogP contribution is 2.47. The predicted molar refractivity (Wildman–Crippen MR) is 125 cm³/mol. The second kappa shape index (κ2) is 8.31. The summed E-state index contributed by atoms with van der Waals surface area (Å²) >= 11 is 0. The molecule has 0 saturated carbocycles. The Labute approximate surface area is 205 Å². The van der Waals surface area contributed by atoms with E-state index in [-0.39, 0.29) is 41.4 Å². The number of methoxy groups -OCH3 is 2. The Kier molecular flexibility index (Phi) is 5.19. The van der Waals surface area contributed by atoms with Crippen molar-refractivity contribution in [2.75, 3.05) is 32.2 Å². The number of nitrogens with zero attached hydrogens (tertiary/aromatic N) is 5. The first-order chi connectivity index (χ1) is 17.4. The SMILES string of the molecule is COCc1nnc(N2CC(c3cccc4cc(F)ccc34)C2)n1-c1cnc(OC)c2c1OS(=O)(=O)O2. The summed E-state index contributed by atoms with van der Waals surface area (Å²) in [6.07, 6.45) is 1.41. The third kappa shape index (κ3) is 3.58. The molecule has 0 bridgehead atoms. The average molecular weight is 514 g/mol. The van der Waals surface area contributed by atoms with Gasteiger partial charge in [-0.25, -0.2) is 9.37 Å². The molecule has 4 aromatic rings. The van der Waals surface area contributed by atoms with E-state index in [1.807, 2.05) is 23.1 Å². The largest absolute Gasteiger partial charge is 0.501 e. The van der Waals surface area contributed by atoms with Crippen molar-refractivity contribution in [2.45, 2.75) is 12.5 Å². The first-order valence-electron chi connectivity index (χ1n) is 11.0. The maximum absolute atomic E-state index is 13.7. The number of pyridine rings is 1. The fourth-order valence-corrected chi connectivity index (χ4v) is 5.34. The smallest absolute Gasteiger partial charge is 0.478 e. The lowest BCUT2D eigenvalue weighted by Crippen LogP contribution is -2.46. The Hall–Kier alpha value is -3.97. The molecule has 4 heterocycles. The predicted octanol–water partition coefficient (Wildman–Crippen LogP) is 2.73. The summed E-state index contributed by atoms with van der Waals surface area (Å²) in [6, 6.07) is 10.6. The first kappa shape index (κ1) is 22.5. The van der Waals surface area contributed by atoms with E-state index in [1.165, 1.54) is 32.5 Å². The molecule has 0 amide bonds. The molecule has 36 heavy (non-hydrogen) atoms. The Morgan fingerprint density at radius 3 is 2.69 bits per heavy atom. The summed E-state index contributed by atoms with van der Waals surface area (Å²) < 4.78 is 60.0. The van der Waals surface area contributed by atoms with Gasteiger partial charge in [0, 0.05) is 26.1 Å². The Bertz CT molecular complexity index is 1600.